The number of benzene rings is 3. The summed E-state index contributed by atoms with van der Waals surface area (Å²) in [7, 11) is 0. The number of hydrogen-bond donors (Lipinski definition) is 1. The van der Waals surface area contributed by atoms with Gasteiger partial charge >= 0.3 is 0 Å². The van der Waals surface area contributed by atoms with Crippen molar-refractivity contribution in [2.75, 3.05) is 6.61 Å². The van der Waals surface area contributed by atoms with Gasteiger partial charge in [0.15, 0.2) is 6.61 Å². The first kappa shape index (κ1) is 30.1. The summed E-state index contributed by atoms with van der Waals surface area (Å²) in [6.45, 7) is 0.392. The van der Waals surface area contributed by atoms with Crippen LogP contribution in [0.25, 0.3) is 21.2 Å². The second-order valence-electron chi connectivity index (χ2n) is 10.9. The third kappa shape index (κ3) is 7.07. The number of amides is 2. The molecule has 6 rings (SSSR count). The maximum absolute atomic E-state index is 14.2. The van der Waals surface area contributed by atoms with Crippen molar-refractivity contribution in [3.8, 4) is 16.9 Å². The predicted molar refractivity (Wildman–Crippen MR) is 178 cm³/mol. The summed E-state index contributed by atoms with van der Waals surface area (Å²) >= 11 is 14.2. The molecule has 0 aliphatic heterocycles. The molecule has 9 heteroatoms. The minimum atomic E-state index is -0.165. The van der Waals surface area contributed by atoms with E-state index in [-0.39, 0.29) is 30.5 Å². The molecule has 1 aliphatic rings. The minimum Gasteiger partial charge on any atom is -0.484 e. The van der Waals surface area contributed by atoms with Crippen molar-refractivity contribution >= 4 is 56.4 Å². The molecule has 2 heterocycles. The fourth-order valence-corrected chi connectivity index (χ4v) is 7.31. The van der Waals surface area contributed by atoms with Crippen molar-refractivity contribution in [1.82, 2.24) is 15.2 Å². The van der Waals surface area contributed by atoms with Gasteiger partial charge in [0.25, 0.3) is 11.8 Å². The van der Waals surface area contributed by atoms with Crippen LogP contribution in [0.5, 0.6) is 5.75 Å². The molecule has 1 saturated carbocycles. The Morgan fingerprint density at radius 2 is 1.64 bits per heavy atom. The van der Waals surface area contributed by atoms with E-state index in [1.54, 1.807) is 36.7 Å². The number of halogens is 2. The lowest BCUT2D eigenvalue weighted by molar-refractivity contribution is -0.124. The van der Waals surface area contributed by atoms with E-state index in [0.29, 0.717) is 27.2 Å². The fourth-order valence-electron chi connectivity index (χ4n) is 5.72. The van der Waals surface area contributed by atoms with Crippen LogP contribution in [0, 0.1) is 0 Å². The number of fused-ring (bicyclic) bond motifs is 1. The van der Waals surface area contributed by atoms with Crippen molar-refractivity contribution < 1.29 is 14.3 Å². The number of carbonyl (C=O) groups excluding carboxylic acids is 2. The largest absolute Gasteiger partial charge is 0.484 e. The van der Waals surface area contributed by atoms with Gasteiger partial charge in [0, 0.05) is 46.1 Å². The van der Waals surface area contributed by atoms with Gasteiger partial charge in [-0.25, -0.2) is 0 Å². The molecular formula is C35H31Cl2N3O3S. The molecule has 0 unspecified atom stereocenters. The number of nitrogens with one attached hydrogen (secondary N) is 1. The highest BCUT2D eigenvalue weighted by Gasteiger charge is 2.32. The Balaban J connectivity index is 1.17. The average Bonchev–Trinajstić information content (AvgIpc) is 3.40. The zero-order valence-corrected chi connectivity index (χ0v) is 26.2. The molecule has 5 aromatic rings. The third-order valence-electron chi connectivity index (χ3n) is 7.97. The summed E-state index contributed by atoms with van der Waals surface area (Å²) in [5.41, 5.74) is 3.19. The summed E-state index contributed by atoms with van der Waals surface area (Å²) in [6, 6.07) is 27.1. The van der Waals surface area contributed by atoms with E-state index in [0.717, 1.165) is 52.5 Å². The lowest BCUT2D eigenvalue weighted by atomic mass is 9.89. The van der Waals surface area contributed by atoms with E-state index < -0.39 is 0 Å². The van der Waals surface area contributed by atoms with Gasteiger partial charge in [-0.05, 0) is 90.9 Å². The number of carbonyl (C=O) groups is 2. The first-order valence-electron chi connectivity index (χ1n) is 14.6. The van der Waals surface area contributed by atoms with Crippen molar-refractivity contribution in [1.29, 1.82) is 0 Å². The highest BCUT2D eigenvalue weighted by molar-refractivity contribution is 7.21. The summed E-state index contributed by atoms with van der Waals surface area (Å²) in [5.74, 6) is 0.367. The molecular weight excluding hydrogens is 613 g/mol. The molecule has 1 N–H and O–H groups in total. The Bertz CT molecular complexity index is 1750. The summed E-state index contributed by atoms with van der Waals surface area (Å²) in [6.07, 6.45) is 6.61. The van der Waals surface area contributed by atoms with Crippen LogP contribution < -0.4 is 10.1 Å². The number of hydrogen-bond acceptors (Lipinski definition) is 5. The van der Waals surface area contributed by atoms with Crippen molar-refractivity contribution in [3.05, 3.63) is 118 Å². The molecule has 0 radical (unpaired) electrons. The van der Waals surface area contributed by atoms with Gasteiger partial charge in [-0.3, -0.25) is 14.6 Å². The summed E-state index contributed by atoms with van der Waals surface area (Å²) < 4.78 is 6.60. The van der Waals surface area contributed by atoms with Crippen molar-refractivity contribution in [2.45, 2.75) is 44.3 Å². The van der Waals surface area contributed by atoms with E-state index in [4.69, 9.17) is 27.9 Å². The monoisotopic (exact) mass is 643 g/mol. The normalized spacial score (nSPS) is 16.4. The molecule has 0 atom stereocenters. The molecule has 2 aromatic heterocycles. The lowest BCUT2D eigenvalue weighted by Crippen LogP contribution is -2.46. The fraction of sp³-hybridized carbons (Fsp3) is 0.229. The van der Waals surface area contributed by atoms with Gasteiger partial charge in [-0.15, -0.1) is 11.3 Å². The van der Waals surface area contributed by atoms with Crippen LogP contribution in [0.1, 0.15) is 40.9 Å². The smallest absolute Gasteiger partial charge is 0.266 e. The number of ether oxygens (including phenoxy) is 1. The van der Waals surface area contributed by atoms with Crippen LogP contribution in [-0.4, -0.2) is 40.4 Å². The van der Waals surface area contributed by atoms with Gasteiger partial charge < -0.3 is 15.0 Å². The van der Waals surface area contributed by atoms with Crippen molar-refractivity contribution in [3.63, 3.8) is 0 Å². The number of pyridine rings is 1. The summed E-state index contributed by atoms with van der Waals surface area (Å²) in [4.78, 5) is 33.5. The zero-order valence-electron chi connectivity index (χ0n) is 23.9. The average molecular weight is 645 g/mol. The Kier molecular flexibility index (Phi) is 9.45. The van der Waals surface area contributed by atoms with Gasteiger partial charge in [-0.2, -0.15) is 0 Å². The zero-order chi connectivity index (χ0) is 30.5. The van der Waals surface area contributed by atoms with Crippen LogP contribution in [0.2, 0.25) is 10.0 Å². The molecule has 224 valence electrons. The van der Waals surface area contributed by atoms with Crippen LogP contribution in [0.4, 0.5) is 0 Å². The molecule has 1 fully saturated rings. The Labute approximate surface area is 270 Å². The molecule has 0 saturated heterocycles. The van der Waals surface area contributed by atoms with Gasteiger partial charge in [-0.1, -0.05) is 59.6 Å². The Morgan fingerprint density at radius 1 is 0.886 bits per heavy atom. The van der Waals surface area contributed by atoms with Gasteiger partial charge in [0.2, 0.25) is 0 Å². The maximum Gasteiger partial charge on any atom is 0.266 e. The number of thiophene rings is 1. The van der Waals surface area contributed by atoms with Gasteiger partial charge in [0.1, 0.15) is 10.6 Å². The van der Waals surface area contributed by atoms with E-state index in [1.165, 1.54) is 11.3 Å². The van der Waals surface area contributed by atoms with E-state index in [2.05, 4.69) is 28.5 Å². The van der Waals surface area contributed by atoms with E-state index in [9.17, 15) is 9.59 Å². The number of aromatic nitrogens is 1. The number of rotatable bonds is 9. The van der Waals surface area contributed by atoms with Crippen molar-refractivity contribution in [2.24, 2.45) is 0 Å². The highest BCUT2D eigenvalue weighted by Crippen LogP contribution is 2.37. The Hall–Kier alpha value is -3.91. The maximum atomic E-state index is 14.2. The highest BCUT2D eigenvalue weighted by atomic mass is 35.5. The molecule has 2 amide bonds. The van der Waals surface area contributed by atoms with Crippen LogP contribution in [0.3, 0.4) is 0 Å². The first-order valence-corrected chi connectivity index (χ1v) is 16.2. The van der Waals surface area contributed by atoms with Crippen LogP contribution in [0.15, 0.2) is 97.3 Å². The lowest BCUT2D eigenvalue weighted by Gasteiger charge is -2.37. The Morgan fingerprint density at radius 3 is 2.39 bits per heavy atom. The first-order chi connectivity index (χ1) is 21.4. The summed E-state index contributed by atoms with van der Waals surface area (Å²) in [5, 5.41) is 5.12. The molecule has 44 heavy (non-hydrogen) atoms. The third-order valence-corrected chi connectivity index (χ3v) is 9.89. The van der Waals surface area contributed by atoms with Crippen LogP contribution >= 0.6 is 34.5 Å². The molecule has 0 bridgehead atoms. The SMILES string of the molecule is O=C(COc1ccc(Cl)cc1)NC1CCC(N(Cc2cccc(-c3ccncc3)c2)C(=O)c2sc3ccccc3c2Cl)CC1. The predicted octanol–water partition coefficient (Wildman–Crippen LogP) is 8.42. The van der Waals surface area contributed by atoms with Crippen LogP contribution in [-0.2, 0) is 11.3 Å². The second-order valence-corrected chi connectivity index (χ2v) is 12.8. The van der Waals surface area contributed by atoms with E-state index >= 15 is 0 Å². The second kappa shape index (κ2) is 13.8. The molecule has 1 aliphatic carbocycles. The quantitative estimate of drug-likeness (QED) is 0.175. The van der Waals surface area contributed by atoms with Gasteiger partial charge in [0.05, 0.1) is 5.02 Å². The minimum absolute atomic E-state index is 0.00632. The topological polar surface area (TPSA) is 71.5 Å². The molecule has 0 spiro atoms. The van der Waals surface area contributed by atoms with E-state index in [1.807, 2.05) is 47.4 Å². The molecule has 6 nitrogen and oxygen atoms in total. The molecule has 3 aromatic carbocycles. The standard InChI is InChI=1S/C35H31Cl2N3O3S/c36-26-8-14-29(15-9-26)43-22-32(41)39-27-10-12-28(13-11-27)40(35(42)34-33(37)30-6-1-2-7-31(30)44-34)21-23-4-3-5-25(20-23)24-16-18-38-19-17-24/h1-9,14-20,27-28H,10-13,21-22H2,(H,39,41). The number of nitrogens with zero attached hydrogens (tertiary/aromatic N) is 2.